The van der Waals surface area contributed by atoms with Gasteiger partial charge in [0.05, 0.1) is 23.8 Å². The Bertz CT molecular complexity index is 523. The fourth-order valence-corrected chi connectivity index (χ4v) is 2.64. The molecule has 0 atom stereocenters. The predicted molar refractivity (Wildman–Crippen MR) is 72.8 cm³/mol. The Labute approximate surface area is 109 Å². The SMILES string of the molecule is Nc1nc(-c2cccs2)cc(N2CCOCC2)n1. The zero-order chi connectivity index (χ0) is 12.4. The number of nitrogens with zero attached hydrogens (tertiary/aromatic N) is 3. The van der Waals surface area contributed by atoms with Gasteiger partial charge in [0.2, 0.25) is 5.95 Å². The number of anilines is 2. The predicted octanol–water partition coefficient (Wildman–Crippen LogP) is 1.62. The lowest BCUT2D eigenvalue weighted by atomic mass is 10.3. The molecular formula is C12H14N4OS. The molecule has 3 heterocycles. The molecule has 1 saturated heterocycles. The molecule has 18 heavy (non-hydrogen) atoms. The van der Waals surface area contributed by atoms with Gasteiger partial charge in [0.1, 0.15) is 5.82 Å². The maximum atomic E-state index is 5.80. The molecule has 1 aliphatic rings. The number of aromatic nitrogens is 2. The van der Waals surface area contributed by atoms with E-state index in [4.69, 9.17) is 10.5 Å². The van der Waals surface area contributed by atoms with Crippen LogP contribution in [0.5, 0.6) is 0 Å². The molecule has 2 aromatic rings. The second kappa shape index (κ2) is 4.91. The van der Waals surface area contributed by atoms with Crippen molar-refractivity contribution in [1.29, 1.82) is 0 Å². The van der Waals surface area contributed by atoms with Crippen molar-refractivity contribution in [2.75, 3.05) is 36.9 Å². The van der Waals surface area contributed by atoms with E-state index < -0.39 is 0 Å². The van der Waals surface area contributed by atoms with Crippen molar-refractivity contribution >= 4 is 23.1 Å². The molecule has 0 spiro atoms. The third-order valence-electron chi connectivity index (χ3n) is 2.84. The number of morpholine rings is 1. The highest BCUT2D eigenvalue weighted by Gasteiger charge is 2.15. The van der Waals surface area contributed by atoms with Crippen LogP contribution in [0.4, 0.5) is 11.8 Å². The second-order valence-electron chi connectivity index (χ2n) is 4.05. The van der Waals surface area contributed by atoms with Crippen LogP contribution in [0.1, 0.15) is 0 Å². The molecule has 2 N–H and O–H groups in total. The van der Waals surface area contributed by atoms with Crippen molar-refractivity contribution in [3.05, 3.63) is 23.6 Å². The van der Waals surface area contributed by atoms with E-state index in [-0.39, 0.29) is 0 Å². The van der Waals surface area contributed by atoms with Gasteiger partial charge < -0.3 is 15.4 Å². The first-order chi connectivity index (χ1) is 8.83. The molecule has 5 nitrogen and oxygen atoms in total. The van der Waals surface area contributed by atoms with Crippen molar-refractivity contribution in [2.45, 2.75) is 0 Å². The lowest BCUT2D eigenvalue weighted by Crippen LogP contribution is -2.36. The maximum Gasteiger partial charge on any atom is 0.222 e. The summed E-state index contributed by atoms with van der Waals surface area (Å²) in [7, 11) is 0. The summed E-state index contributed by atoms with van der Waals surface area (Å²) < 4.78 is 5.34. The summed E-state index contributed by atoms with van der Waals surface area (Å²) in [6.45, 7) is 3.16. The van der Waals surface area contributed by atoms with Gasteiger partial charge in [-0.25, -0.2) is 4.98 Å². The molecule has 1 aliphatic heterocycles. The van der Waals surface area contributed by atoms with Crippen LogP contribution in [-0.4, -0.2) is 36.3 Å². The Hall–Kier alpha value is -1.66. The van der Waals surface area contributed by atoms with Crippen LogP contribution < -0.4 is 10.6 Å². The number of nitrogen functional groups attached to an aromatic ring is 1. The molecule has 0 unspecified atom stereocenters. The molecule has 0 aliphatic carbocycles. The third-order valence-corrected chi connectivity index (χ3v) is 3.73. The molecule has 2 aromatic heterocycles. The zero-order valence-electron chi connectivity index (χ0n) is 9.87. The highest BCUT2D eigenvalue weighted by Crippen LogP contribution is 2.26. The molecule has 0 bridgehead atoms. The van der Waals surface area contributed by atoms with E-state index in [0.717, 1.165) is 42.7 Å². The minimum Gasteiger partial charge on any atom is -0.378 e. The molecule has 6 heteroatoms. The van der Waals surface area contributed by atoms with Crippen LogP contribution in [0.3, 0.4) is 0 Å². The molecule has 0 aromatic carbocycles. The first-order valence-corrected chi connectivity index (χ1v) is 6.72. The van der Waals surface area contributed by atoms with Gasteiger partial charge in [-0.1, -0.05) is 6.07 Å². The molecule has 0 amide bonds. The van der Waals surface area contributed by atoms with Crippen molar-refractivity contribution in [3.63, 3.8) is 0 Å². The van der Waals surface area contributed by atoms with Crippen molar-refractivity contribution in [2.24, 2.45) is 0 Å². The van der Waals surface area contributed by atoms with Crippen molar-refractivity contribution in [3.8, 4) is 10.6 Å². The third kappa shape index (κ3) is 2.30. The van der Waals surface area contributed by atoms with Gasteiger partial charge in [-0.3, -0.25) is 0 Å². The lowest BCUT2D eigenvalue weighted by molar-refractivity contribution is 0.122. The summed E-state index contributed by atoms with van der Waals surface area (Å²) in [5, 5.41) is 2.03. The van der Waals surface area contributed by atoms with E-state index in [1.807, 2.05) is 23.6 Å². The topological polar surface area (TPSA) is 64.3 Å². The maximum absolute atomic E-state index is 5.80. The molecule has 0 radical (unpaired) electrons. The first-order valence-electron chi connectivity index (χ1n) is 5.84. The van der Waals surface area contributed by atoms with E-state index >= 15 is 0 Å². The average Bonchev–Trinajstić information content (AvgIpc) is 2.93. The van der Waals surface area contributed by atoms with Gasteiger partial charge in [-0.15, -0.1) is 11.3 Å². The number of hydrogen-bond donors (Lipinski definition) is 1. The minimum atomic E-state index is 0.322. The largest absolute Gasteiger partial charge is 0.378 e. The second-order valence-corrected chi connectivity index (χ2v) is 4.99. The summed E-state index contributed by atoms with van der Waals surface area (Å²) >= 11 is 1.65. The standard InChI is InChI=1S/C12H14N4OS/c13-12-14-9(10-2-1-7-18-10)8-11(15-12)16-3-5-17-6-4-16/h1-2,7-8H,3-6H2,(H2,13,14,15). The number of thiophene rings is 1. The van der Waals surface area contributed by atoms with Crippen LogP contribution in [0.2, 0.25) is 0 Å². The Balaban J connectivity index is 1.95. The van der Waals surface area contributed by atoms with Crippen LogP contribution in [0, 0.1) is 0 Å². The van der Waals surface area contributed by atoms with Gasteiger partial charge in [-0.2, -0.15) is 4.98 Å². The quantitative estimate of drug-likeness (QED) is 0.891. The minimum absolute atomic E-state index is 0.322. The smallest absolute Gasteiger partial charge is 0.222 e. The molecular weight excluding hydrogens is 248 g/mol. The van der Waals surface area contributed by atoms with Crippen LogP contribution >= 0.6 is 11.3 Å². The van der Waals surface area contributed by atoms with Gasteiger partial charge in [0.15, 0.2) is 0 Å². The van der Waals surface area contributed by atoms with E-state index in [1.165, 1.54) is 0 Å². The summed E-state index contributed by atoms with van der Waals surface area (Å²) in [5.74, 6) is 1.21. The van der Waals surface area contributed by atoms with Gasteiger partial charge >= 0.3 is 0 Å². The van der Waals surface area contributed by atoms with Gasteiger partial charge in [0.25, 0.3) is 0 Å². The van der Waals surface area contributed by atoms with Gasteiger partial charge in [-0.05, 0) is 11.4 Å². The fourth-order valence-electron chi connectivity index (χ4n) is 1.96. The number of rotatable bonds is 2. The zero-order valence-corrected chi connectivity index (χ0v) is 10.7. The van der Waals surface area contributed by atoms with E-state index in [1.54, 1.807) is 11.3 Å². The summed E-state index contributed by atoms with van der Waals surface area (Å²) in [6.07, 6.45) is 0. The van der Waals surface area contributed by atoms with Crippen LogP contribution in [0.15, 0.2) is 23.6 Å². The normalized spacial score (nSPS) is 15.9. The lowest BCUT2D eigenvalue weighted by Gasteiger charge is -2.28. The van der Waals surface area contributed by atoms with Crippen LogP contribution in [0.25, 0.3) is 10.6 Å². The number of ether oxygens (including phenoxy) is 1. The van der Waals surface area contributed by atoms with Crippen molar-refractivity contribution < 1.29 is 4.74 Å². The number of nitrogens with two attached hydrogens (primary N) is 1. The Morgan fingerprint density at radius 3 is 2.83 bits per heavy atom. The highest BCUT2D eigenvalue weighted by atomic mass is 32.1. The first kappa shape index (κ1) is 11.4. The van der Waals surface area contributed by atoms with Gasteiger partial charge in [0, 0.05) is 19.2 Å². The van der Waals surface area contributed by atoms with E-state index in [2.05, 4.69) is 14.9 Å². The molecule has 3 rings (SSSR count). The fraction of sp³-hybridized carbons (Fsp3) is 0.333. The average molecular weight is 262 g/mol. The van der Waals surface area contributed by atoms with E-state index in [0.29, 0.717) is 5.95 Å². The highest BCUT2D eigenvalue weighted by molar-refractivity contribution is 7.13. The Morgan fingerprint density at radius 1 is 1.28 bits per heavy atom. The monoisotopic (exact) mass is 262 g/mol. The Morgan fingerprint density at radius 2 is 2.11 bits per heavy atom. The summed E-state index contributed by atoms with van der Waals surface area (Å²) in [5.41, 5.74) is 6.68. The molecule has 94 valence electrons. The number of hydrogen-bond acceptors (Lipinski definition) is 6. The van der Waals surface area contributed by atoms with Crippen molar-refractivity contribution in [1.82, 2.24) is 9.97 Å². The molecule has 1 fully saturated rings. The summed E-state index contributed by atoms with van der Waals surface area (Å²) in [4.78, 5) is 11.9. The molecule has 0 saturated carbocycles. The van der Waals surface area contributed by atoms with Crippen LogP contribution in [-0.2, 0) is 4.74 Å². The summed E-state index contributed by atoms with van der Waals surface area (Å²) in [6, 6.07) is 6.04. The van der Waals surface area contributed by atoms with E-state index in [9.17, 15) is 0 Å². The Kier molecular flexibility index (Phi) is 3.12.